The maximum absolute atomic E-state index is 12.1. The van der Waals surface area contributed by atoms with Crippen molar-refractivity contribution in [2.24, 2.45) is 5.92 Å². The summed E-state index contributed by atoms with van der Waals surface area (Å²) < 4.78 is 11.4. The highest BCUT2D eigenvalue weighted by Crippen LogP contribution is 2.33. The fourth-order valence-electron chi connectivity index (χ4n) is 3.73. The molecule has 1 aromatic heterocycles. The fraction of sp³-hybridized carbons (Fsp3) is 0.550. The van der Waals surface area contributed by atoms with Crippen LogP contribution < -0.4 is 15.0 Å². The average molecular weight is 388 g/mol. The molecule has 0 saturated heterocycles. The number of methoxy groups -OCH3 is 1. The number of benzene rings is 1. The highest BCUT2D eigenvalue weighted by molar-refractivity contribution is 5.81. The van der Waals surface area contributed by atoms with Gasteiger partial charge in [0.2, 0.25) is 0 Å². The Labute approximate surface area is 164 Å². The first-order valence-corrected chi connectivity index (χ1v) is 9.53. The van der Waals surface area contributed by atoms with E-state index in [9.17, 15) is 9.59 Å². The van der Waals surface area contributed by atoms with E-state index in [-0.39, 0.29) is 17.6 Å². The molecule has 0 aliphatic heterocycles. The van der Waals surface area contributed by atoms with Crippen molar-refractivity contribution < 1.29 is 14.3 Å². The van der Waals surface area contributed by atoms with Crippen LogP contribution >= 0.6 is 0 Å². The van der Waals surface area contributed by atoms with Gasteiger partial charge in [0.1, 0.15) is 0 Å². The topological polar surface area (TPSA) is 87.8 Å². The first-order valence-electron chi connectivity index (χ1n) is 9.53. The van der Waals surface area contributed by atoms with E-state index in [0.717, 1.165) is 25.7 Å². The highest BCUT2D eigenvalue weighted by atomic mass is 16.5. The number of fused-ring (bicyclic) bond motifs is 1. The van der Waals surface area contributed by atoms with Gasteiger partial charge in [-0.15, -0.1) is 0 Å². The number of carbonyl (C=O) groups excluding carboxylic acids is 1. The third-order valence-corrected chi connectivity index (χ3v) is 5.45. The number of nitrogens with zero attached hydrogens (tertiary/aromatic N) is 3. The van der Waals surface area contributed by atoms with Crippen LogP contribution in [0.4, 0.5) is 4.79 Å². The van der Waals surface area contributed by atoms with Crippen LogP contribution in [0.3, 0.4) is 0 Å². The lowest BCUT2D eigenvalue weighted by atomic mass is 9.86. The summed E-state index contributed by atoms with van der Waals surface area (Å²) in [6.07, 6.45) is 5.29. The Bertz CT molecular complexity index is 887. The zero-order chi connectivity index (χ0) is 20.3. The van der Waals surface area contributed by atoms with Gasteiger partial charge in [-0.3, -0.25) is 4.79 Å². The third kappa shape index (κ3) is 4.21. The summed E-state index contributed by atoms with van der Waals surface area (Å²) >= 11 is 0. The average Bonchev–Trinajstić information content (AvgIpc) is 2.71. The summed E-state index contributed by atoms with van der Waals surface area (Å²) in [7, 11) is 6.99. The Morgan fingerprint density at radius 2 is 1.89 bits per heavy atom. The number of amides is 2. The summed E-state index contributed by atoms with van der Waals surface area (Å²) in [4.78, 5) is 34.3. The molecule has 1 aliphatic carbocycles. The molecule has 152 valence electrons. The summed E-state index contributed by atoms with van der Waals surface area (Å²) in [6.45, 7) is 0.554. The largest absolute Gasteiger partial charge is 0.493 e. The number of hydrogen-bond acceptors (Lipinski definition) is 5. The Balaban J connectivity index is 1.62. The van der Waals surface area contributed by atoms with Crippen LogP contribution in [0.1, 0.15) is 25.7 Å². The Hall–Kier alpha value is -2.77. The second-order valence-corrected chi connectivity index (χ2v) is 7.53. The molecule has 0 radical (unpaired) electrons. The van der Waals surface area contributed by atoms with Gasteiger partial charge in [0.05, 0.1) is 30.9 Å². The summed E-state index contributed by atoms with van der Waals surface area (Å²) in [5, 5.41) is 0.478. The number of aromatic nitrogens is 2. The van der Waals surface area contributed by atoms with E-state index < -0.39 is 0 Å². The van der Waals surface area contributed by atoms with Crippen LogP contribution in [0.15, 0.2) is 23.3 Å². The minimum atomic E-state index is -0.202. The molecule has 0 spiro atoms. The lowest BCUT2D eigenvalue weighted by molar-refractivity contribution is 0.126. The predicted octanol–water partition coefficient (Wildman–Crippen LogP) is 2.48. The van der Waals surface area contributed by atoms with Gasteiger partial charge >= 0.3 is 6.03 Å². The molecule has 0 unspecified atom stereocenters. The van der Waals surface area contributed by atoms with Gasteiger partial charge in [-0.2, -0.15) is 0 Å². The molecule has 3 rings (SSSR count). The smallest absolute Gasteiger partial charge is 0.319 e. The number of hydrogen-bond donors (Lipinski definition) is 1. The Kier molecular flexibility index (Phi) is 6.06. The van der Waals surface area contributed by atoms with Crippen molar-refractivity contribution in [1.29, 1.82) is 0 Å². The van der Waals surface area contributed by atoms with E-state index in [1.165, 1.54) is 6.33 Å². The molecular formula is C20H28N4O4. The molecule has 28 heavy (non-hydrogen) atoms. The monoisotopic (exact) mass is 388 g/mol. The van der Waals surface area contributed by atoms with Gasteiger partial charge in [0.15, 0.2) is 11.5 Å². The second-order valence-electron chi connectivity index (χ2n) is 7.53. The predicted molar refractivity (Wildman–Crippen MR) is 107 cm³/mol. The lowest BCUT2D eigenvalue weighted by Crippen LogP contribution is -2.44. The number of urea groups is 1. The molecule has 1 fully saturated rings. The van der Waals surface area contributed by atoms with Crippen molar-refractivity contribution in [3.63, 3.8) is 0 Å². The van der Waals surface area contributed by atoms with Gasteiger partial charge in [0.25, 0.3) is 5.56 Å². The Morgan fingerprint density at radius 1 is 1.18 bits per heavy atom. The molecule has 0 bridgehead atoms. The molecule has 2 amide bonds. The molecule has 1 aromatic carbocycles. The van der Waals surface area contributed by atoms with Crippen molar-refractivity contribution in [1.82, 2.24) is 19.8 Å². The van der Waals surface area contributed by atoms with Crippen molar-refractivity contribution in [2.45, 2.75) is 31.7 Å². The van der Waals surface area contributed by atoms with Crippen molar-refractivity contribution in [3.8, 4) is 11.5 Å². The zero-order valence-corrected chi connectivity index (χ0v) is 16.9. The number of carbonyl (C=O) groups is 1. The molecule has 1 heterocycles. The van der Waals surface area contributed by atoms with Crippen LogP contribution in [-0.2, 0) is 0 Å². The molecule has 2 aromatic rings. The van der Waals surface area contributed by atoms with E-state index in [4.69, 9.17) is 9.47 Å². The quantitative estimate of drug-likeness (QED) is 0.850. The van der Waals surface area contributed by atoms with Crippen molar-refractivity contribution >= 4 is 16.9 Å². The molecule has 1 N–H and O–H groups in total. The lowest BCUT2D eigenvalue weighted by Gasteiger charge is -2.35. The van der Waals surface area contributed by atoms with Crippen LogP contribution in [0, 0.1) is 5.92 Å². The van der Waals surface area contributed by atoms with E-state index >= 15 is 0 Å². The van der Waals surface area contributed by atoms with Gasteiger partial charge in [-0.1, -0.05) is 0 Å². The van der Waals surface area contributed by atoms with Gasteiger partial charge < -0.3 is 24.3 Å². The van der Waals surface area contributed by atoms with E-state index in [1.54, 1.807) is 38.2 Å². The Morgan fingerprint density at radius 3 is 2.54 bits per heavy atom. The number of rotatable bonds is 5. The summed E-state index contributed by atoms with van der Waals surface area (Å²) in [5.74, 6) is 1.53. The van der Waals surface area contributed by atoms with Gasteiger partial charge in [0, 0.05) is 33.3 Å². The molecule has 1 aliphatic rings. The number of H-pyrrole nitrogens is 1. The SMILES string of the molecule is COc1cc2nc[nH]c(=O)c2cc1OCC1CCC(N(C)C(=O)N(C)C)CC1. The maximum atomic E-state index is 12.1. The number of nitrogens with one attached hydrogen (secondary N) is 1. The summed E-state index contributed by atoms with van der Waals surface area (Å²) in [6, 6.07) is 3.72. The minimum absolute atomic E-state index is 0.0411. The zero-order valence-electron chi connectivity index (χ0n) is 16.9. The minimum Gasteiger partial charge on any atom is -0.493 e. The highest BCUT2D eigenvalue weighted by Gasteiger charge is 2.27. The number of aromatic amines is 1. The van der Waals surface area contributed by atoms with Crippen LogP contribution in [0.2, 0.25) is 0 Å². The first-order chi connectivity index (χ1) is 13.4. The van der Waals surface area contributed by atoms with E-state index in [2.05, 4.69) is 9.97 Å². The first kappa shape index (κ1) is 20.0. The molecule has 8 nitrogen and oxygen atoms in total. The van der Waals surface area contributed by atoms with E-state index in [1.807, 2.05) is 11.9 Å². The second kappa shape index (κ2) is 8.50. The van der Waals surface area contributed by atoms with Crippen molar-refractivity contribution in [2.75, 3.05) is 34.9 Å². The third-order valence-electron chi connectivity index (χ3n) is 5.45. The molecule has 0 atom stereocenters. The maximum Gasteiger partial charge on any atom is 0.319 e. The molecular weight excluding hydrogens is 360 g/mol. The van der Waals surface area contributed by atoms with Crippen LogP contribution in [0.5, 0.6) is 11.5 Å². The van der Waals surface area contributed by atoms with Crippen molar-refractivity contribution in [3.05, 3.63) is 28.8 Å². The molecule has 1 saturated carbocycles. The summed E-state index contributed by atoms with van der Waals surface area (Å²) in [5.41, 5.74) is 0.369. The van der Waals surface area contributed by atoms with Crippen LogP contribution in [-0.4, -0.2) is 66.7 Å². The fourth-order valence-corrected chi connectivity index (χ4v) is 3.73. The van der Waals surface area contributed by atoms with Crippen LogP contribution in [0.25, 0.3) is 10.9 Å². The van der Waals surface area contributed by atoms with E-state index in [0.29, 0.717) is 34.9 Å². The van der Waals surface area contributed by atoms with Gasteiger partial charge in [-0.25, -0.2) is 9.78 Å². The van der Waals surface area contributed by atoms with Gasteiger partial charge in [-0.05, 0) is 37.7 Å². The molecule has 8 heteroatoms. The number of ether oxygens (including phenoxy) is 2. The normalized spacial score (nSPS) is 19.3. The standard InChI is InChI=1S/C20H28N4O4/c1-23(2)20(26)24(3)14-7-5-13(6-8-14)11-28-18-9-15-16(10-17(18)27-4)21-12-22-19(15)25/h9-10,12-14H,5-8,11H2,1-4H3,(H,21,22,25).